The van der Waals surface area contributed by atoms with Gasteiger partial charge in [-0.1, -0.05) is 19.8 Å². The molecule has 0 aromatic heterocycles. The minimum absolute atomic E-state index is 0.0314. The number of aliphatic hydroxyl groups excluding tert-OH is 1. The van der Waals surface area contributed by atoms with Crippen molar-refractivity contribution in [3.63, 3.8) is 0 Å². The van der Waals surface area contributed by atoms with Crippen molar-refractivity contribution in [1.82, 2.24) is 4.72 Å². The molecule has 2 N–H and O–H groups in total. The van der Waals surface area contributed by atoms with Crippen LogP contribution in [0.15, 0.2) is 0 Å². The van der Waals surface area contributed by atoms with Crippen molar-refractivity contribution < 1.29 is 13.5 Å². The maximum Gasteiger partial charge on any atom is 0.211 e. The lowest BCUT2D eigenvalue weighted by Crippen LogP contribution is -2.36. The van der Waals surface area contributed by atoms with Crippen molar-refractivity contribution in [2.24, 2.45) is 5.92 Å². The van der Waals surface area contributed by atoms with Crippen LogP contribution >= 0.6 is 0 Å². The highest BCUT2D eigenvalue weighted by molar-refractivity contribution is 7.89. The van der Waals surface area contributed by atoms with E-state index in [-0.39, 0.29) is 18.4 Å². The number of aliphatic hydroxyl groups is 1. The minimum atomic E-state index is -3.13. The van der Waals surface area contributed by atoms with Gasteiger partial charge in [0, 0.05) is 12.6 Å². The van der Waals surface area contributed by atoms with E-state index >= 15 is 0 Å². The summed E-state index contributed by atoms with van der Waals surface area (Å²) in [5.41, 5.74) is 0. The minimum Gasteiger partial charge on any atom is -0.396 e. The summed E-state index contributed by atoms with van der Waals surface area (Å²) in [6.07, 6.45) is 4.38. The van der Waals surface area contributed by atoms with Crippen molar-refractivity contribution in [3.05, 3.63) is 0 Å². The zero-order valence-electron chi connectivity index (χ0n) is 9.28. The van der Waals surface area contributed by atoms with Gasteiger partial charge in [0.15, 0.2) is 0 Å². The lowest BCUT2D eigenvalue weighted by molar-refractivity contribution is 0.270. The Morgan fingerprint density at radius 1 is 1.47 bits per heavy atom. The number of nitrogens with one attached hydrogen (secondary N) is 1. The first-order valence-corrected chi connectivity index (χ1v) is 7.33. The monoisotopic (exact) mass is 235 g/mol. The Morgan fingerprint density at radius 3 is 2.60 bits per heavy atom. The average Bonchev–Trinajstić information content (AvgIpc) is 2.97. The van der Waals surface area contributed by atoms with E-state index in [1.165, 1.54) is 12.8 Å². The molecule has 0 aliphatic heterocycles. The molecule has 4 nitrogen and oxygen atoms in total. The third-order valence-electron chi connectivity index (χ3n) is 2.81. The molecule has 1 saturated carbocycles. The Labute approximate surface area is 92.1 Å². The van der Waals surface area contributed by atoms with Gasteiger partial charge < -0.3 is 5.11 Å². The molecule has 0 aromatic carbocycles. The Kier molecular flexibility index (Phi) is 5.02. The highest BCUT2D eigenvalue weighted by Crippen LogP contribution is 2.32. The van der Waals surface area contributed by atoms with Crippen molar-refractivity contribution in [2.75, 3.05) is 12.4 Å². The van der Waals surface area contributed by atoms with Crippen LogP contribution < -0.4 is 4.72 Å². The molecule has 1 aliphatic rings. The van der Waals surface area contributed by atoms with Gasteiger partial charge >= 0.3 is 0 Å². The van der Waals surface area contributed by atoms with Gasteiger partial charge in [0.1, 0.15) is 0 Å². The van der Waals surface area contributed by atoms with Gasteiger partial charge in [-0.05, 0) is 25.2 Å². The summed E-state index contributed by atoms with van der Waals surface area (Å²) in [6, 6.07) is -0.112. The van der Waals surface area contributed by atoms with E-state index in [4.69, 9.17) is 5.11 Å². The third-order valence-corrected chi connectivity index (χ3v) is 4.27. The third kappa shape index (κ3) is 5.49. The second kappa shape index (κ2) is 5.82. The van der Waals surface area contributed by atoms with E-state index in [1.807, 2.05) is 6.92 Å². The molecular weight excluding hydrogens is 214 g/mol. The molecule has 0 amide bonds. The van der Waals surface area contributed by atoms with E-state index < -0.39 is 10.0 Å². The Hall–Kier alpha value is -0.130. The van der Waals surface area contributed by atoms with E-state index in [9.17, 15) is 8.42 Å². The van der Waals surface area contributed by atoms with E-state index in [0.717, 1.165) is 12.8 Å². The molecule has 1 atom stereocenters. The summed E-state index contributed by atoms with van der Waals surface area (Å²) in [4.78, 5) is 0. The zero-order chi connectivity index (χ0) is 11.3. The molecule has 1 unspecified atom stereocenters. The lowest BCUT2D eigenvalue weighted by Gasteiger charge is -2.15. The molecule has 0 aromatic rings. The van der Waals surface area contributed by atoms with Crippen LogP contribution in [-0.4, -0.2) is 31.9 Å². The SMILES string of the molecule is CCC(CCO)NS(=O)(=O)CCC1CC1. The van der Waals surface area contributed by atoms with Gasteiger partial charge in [-0.25, -0.2) is 13.1 Å². The molecule has 5 heteroatoms. The standard InChI is InChI=1S/C10H21NO3S/c1-2-10(5-7-12)11-15(13,14)8-6-9-3-4-9/h9-12H,2-8H2,1H3. The van der Waals surface area contributed by atoms with Gasteiger partial charge in [-0.15, -0.1) is 0 Å². The summed E-state index contributed by atoms with van der Waals surface area (Å²) in [6.45, 7) is 1.95. The molecule has 1 fully saturated rings. The van der Waals surface area contributed by atoms with E-state index in [0.29, 0.717) is 12.3 Å². The summed E-state index contributed by atoms with van der Waals surface area (Å²) < 4.78 is 25.9. The molecule has 0 heterocycles. The topological polar surface area (TPSA) is 66.4 Å². The predicted octanol–water partition coefficient (Wildman–Crippen LogP) is 0.867. The fourth-order valence-electron chi connectivity index (χ4n) is 1.54. The maximum absolute atomic E-state index is 11.6. The van der Waals surface area contributed by atoms with Crippen LogP contribution in [0.5, 0.6) is 0 Å². The largest absolute Gasteiger partial charge is 0.396 e. The number of sulfonamides is 1. The van der Waals surface area contributed by atoms with Crippen LogP contribution in [0.1, 0.15) is 39.0 Å². The molecule has 1 rings (SSSR count). The van der Waals surface area contributed by atoms with Crippen molar-refractivity contribution >= 4 is 10.0 Å². The normalized spacial score (nSPS) is 19.1. The van der Waals surface area contributed by atoms with Crippen LogP contribution in [0.4, 0.5) is 0 Å². The number of rotatable bonds is 8. The molecule has 90 valence electrons. The Bertz CT molecular complexity index is 272. The highest BCUT2D eigenvalue weighted by atomic mass is 32.2. The van der Waals surface area contributed by atoms with E-state index in [1.54, 1.807) is 0 Å². The highest BCUT2D eigenvalue weighted by Gasteiger charge is 2.24. The first-order valence-electron chi connectivity index (χ1n) is 5.68. The molecule has 0 radical (unpaired) electrons. The van der Waals surface area contributed by atoms with Gasteiger partial charge in [-0.2, -0.15) is 0 Å². The molecule has 0 saturated heterocycles. The fourth-order valence-corrected chi connectivity index (χ4v) is 3.10. The maximum atomic E-state index is 11.6. The summed E-state index contributed by atoms with van der Waals surface area (Å²) in [7, 11) is -3.13. The first-order chi connectivity index (χ1) is 7.07. The van der Waals surface area contributed by atoms with E-state index in [2.05, 4.69) is 4.72 Å². The zero-order valence-corrected chi connectivity index (χ0v) is 10.1. The second-order valence-electron chi connectivity index (χ2n) is 4.29. The average molecular weight is 235 g/mol. The number of hydrogen-bond donors (Lipinski definition) is 2. The van der Waals surface area contributed by atoms with Gasteiger partial charge in [0.25, 0.3) is 0 Å². The first kappa shape index (κ1) is 12.9. The van der Waals surface area contributed by atoms with Crippen LogP contribution in [-0.2, 0) is 10.0 Å². The van der Waals surface area contributed by atoms with Crippen molar-refractivity contribution in [3.8, 4) is 0 Å². The van der Waals surface area contributed by atoms with Crippen molar-refractivity contribution in [1.29, 1.82) is 0 Å². The van der Waals surface area contributed by atoms with Crippen LogP contribution in [0.3, 0.4) is 0 Å². The molecule has 0 spiro atoms. The van der Waals surface area contributed by atoms with Gasteiger partial charge in [-0.3, -0.25) is 0 Å². The molecule has 0 bridgehead atoms. The molecule has 1 aliphatic carbocycles. The van der Waals surface area contributed by atoms with Gasteiger partial charge in [0.05, 0.1) is 5.75 Å². The van der Waals surface area contributed by atoms with Crippen LogP contribution in [0.2, 0.25) is 0 Å². The van der Waals surface area contributed by atoms with Gasteiger partial charge in [0.2, 0.25) is 10.0 Å². The Balaban J connectivity index is 2.31. The number of hydrogen-bond acceptors (Lipinski definition) is 3. The predicted molar refractivity (Wildman–Crippen MR) is 60.0 cm³/mol. The summed E-state index contributed by atoms with van der Waals surface area (Å²) in [5, 5.41) is 8.76. The fraction of sp³-hybridized carbons (Fsp3) is 1.00. The smallest absolute Gasteiger partial charge is 0.211 e. The van der Waals surface area contributed by atoms with Crippen LogP contribution in [0, 0.1) is 5.92 Å². The molecular formula is C10H21NO3S. The van der Waals surface area contributed by atoms with Crippen LogP contribution in [0.25, 0.3) is 0 Å². The van der Waals surface area contributed by atoms with Crippen molar-refractivity contribution in [2.45, 2.75) is 45.1 Å². The summed E-state index contributed by atoms with van der Waals surface area (Å²) in [5.74, 6) is 0.874. The Morgan fingerprint density at radius 2 is 2.13 bits per heavy atom. The lowest BCUT2D eigenvalue weighted by atomic mass is 10.2. The summed E-state index contributed by atoms with van der Waals surface area (Å²) >= 11 is 0. The molecule has 15 heavy (non-hydrogen) atoms. The second-order valence-corrected chi connectivity index (χ2v) is 6.16. The quantitative estimate of drug-likeness (QED) is 0.656.